The monoisotopic (exact) mass is 388 g/mol. The second-order valence-corrected chi connectivity index (χ2v) is 6.72. The number of amides is 1. The zero-order valence-electron chi connectivity index (χ0n) is 14.9. The summed E-state index contributed by atoms with van der Waals surface area (Å²) in [5, 5.41) is 7.37. The SMILES string of the molecule is CCOC(=O)c1sc(NC(=O)c2nc(C)n(-c3ccc(F)cc3)n2)cc1C. The van der Waals surface area contributed by atoms with Crippen LogP contribution < -0.4 is 5.32 Å². The van der Waals surface area contributed by atoms with Crippen LogP contribution in [0.15, 0.2) is 30.3 Å². The third-order valence-corrected chi connectivity index (χ3v) is 4.79. The van der Waals surface area contributed by atoms with Gasteiger partial charge >= 0.3 is 5.97 Å². The van der Waals surface area contributed by atoms with Crippen LogP contribution in [0.5, 0.6) is 0 Å². The molecule has 0 spiro atoms. The predicted molar refractivity (Wildman–Crippen MR) is 99.0 cm³/mol. The Balaban J connectivity index is 1.79. The van der Waals surface area contributed by atoms with E-state index in [9.17, 15) is 14.0 Å². The van der Waals surface area contributed by atoms with E-state index in [1.807, 2.05) is 0 Å². The first kappa shape index (κ1) is 18.7. The number of aryl methyl sites for hydroxylation is 2. The number of ether oxygens (including phenoxy) is 1. The first-order chi connectivity index (χ1) is 12.9. The molecule has 0 atom stereocenters. The highest BCUT2D eigenvalue weighted by Crippen LogP contribution is 2.27. The molecule has 0 aliphatic heterocycles. The van der Waals surface area contributed by atoms with E-state index in [1.54, 1.807) is 39.0 Å². The zero-order valence-corrected chi connectivity index (χ0v) is 15.8. The van der Waals surface area contributed by atoms with Crippen molar-refractivity contribution in [3.8, 4) is 5.69 Å². The molecule has 27 heavy (non-hydrogen) atoms. The second kappa shape index (κ2) is 7.67. The highest BCUT2D eigenvalue weighted by molar-refractivity contribution is 7.18. The molecule has 1 N–H and O–H groups in total. The van der Waals surface area contributed by atoms with Crippen molar-refractivity contribution in [2.24, 2.45) is 0 Å². The molecule has 0 fully saturated rings. The fourth-order valence-corrected chi connectivity index (χ4v) is 3.39. The van der Waals surface area contributed by atoms with Gasteiger partial charge in [0.2, 0.25) is 5.82 Å². The van der Waals surface area contributed by atoms with Gasteiger partial charge in [-0.15, -0.1) is 16.4 Å². The first-order valence-corrected chi connectivity index (χ1v) is 8.99. The lowest BCUT2D eigenvalue weighted by molar-refractivity contribution is 0.0531. The number of esters is 1. The number of benzene rings is 1. The van der Waals surface area contributed by atoms with E-state index in [1.165, 1.54) is 16.8 Å². The van der Waals surface area contributed by atoms with Crippen molar-refractivity contribution < 1.29 is 18.7 Å². The van der Waals surface area contributed by atoms with E-state index >= 15 is 0 Å². The Morgan fingerprint density at radius 2 is 1.96 bits per heavy atom. The van der Waals surface area contributed by atoms with Gasteiger partial charge in [0, 0.05) is 0 Å². The Labute approximate surface area is 158 Å². The minimum absolute atomic E-state index is 0.0273. The largest absolute Gasteiger partial charge is 0.462 e. The van der Waals surface area contributed by atoms with Crippen LogP contribution in [0, 0.1) is 19.7 Å². The van der Waals surface area contributed by atoms with E-state index in [4.69, 9.17) is 4.74 Å². The molecule has 0 unspecified atom stereocenters. The molecule has 0 aliphatic carbocycles. The molecule has 7 nitrogen and oxygen atoms in total. The first-order valence-electron chi connectivity index (χ1n) is 8.17. The number of carbonyl (C=O) groups excluding carboxylic acids is 2. The third-order valence-electron chi connectivity index (χ3n) is 3.66. The van der Waals surface area contributed by atoms with Crippen LogP contribution >= 0.6 is 11.3 Å². The Bertz CT molecular complexity index is 995. The summed E-state index contributed by atoms with van der Waals surface area (Å²) in [5.74, 6) is -0.826. The average molecular weight is 388 g/mol. The highest BCUT2D eigenvalue weighted by atomic mass is 32.1. The lowest BCUT2D eigenvalue weighted by Crippen LogP contribution is -2.13. The molecule has 3 aromatic rings. The fourth-order valence-electron chi connectivity index (χ4n) is 2.42. The van der Waals surface area contributed by atoms with Crippen molar-refractivity contribution in [3.63, 3.8) is 0 Å². The van der Waals surface area contributed by atoms with Crippen LogP contribution in [0.25, 0.3) is 5.69 Å². The number of nitrogens with zero attached hydrogens (tertiary/aromatic N) is 3. The minimum Gasteiger partial charge on any atom is -0.462 e. The van der Waals surface area contributed by atoms with Gasteiger partial charge in [0.15, 0.2) is 0 Å². The Morgan fingerprint density at radius 1 is 1.26 bits per heavy atom. The quantitative estimate of drug-likeness (QED) is 0.676. The minimum atomic E-state index is -0.504. The van der Waals surface area contributed by atoms with Crippen molar-refractivity contribution in [1.82, 2.24) is 14.8 Å². The number of aromatic nitrogens is 3. The maximum Gasteiger partial charge on any atom is 0.348 e. The molecule has 2 aromatic heterocycles. The van der Waals surface area contributed by atoms with Gasteiger partial charge in [-0.3, -0.25) is 4.79 Å². The van der Waals surface area contributed by atoms with E-state index in [2.05, 4.69) is 15.4 Å². The van der Waals surface area contributed by atoms with Crippen LogP contribution in [0.4, 0.5) is 9.39 Å². The number of hydrogen-bond donors (Lipinski definition) is 1. The molecule has 3 rings (SSSR count). The highest BCUT2D eigenvalue weighted by Gasteiger charge is 2.19. The normalized spacial score (nSPS) is 10.7. The van der Waals surface area contributed by atoms with Gasteiger partial charge in [-0.1, -0.05) is 0 Å². The number of nitrogens with one attached hydrogen (secondary N) is 1. The van der Waals surface area contributed by atoms with Crippen molar-refractivity contribution in [3.05, 3.63) is 58.2 Å². The molecular weight excluding hydrogens is 371 g/mol. The molecular formula is C18H17FN4O3S. The lowest BCUT2D eigenvalue weighted by Gasteiger charge is -2.01. The smallest absolute Gasteiger partial charge is 0.348 e. The summed E-state index contributed by atoms with van der Waals surface area (Å²) in [5.41, 5.74) is 1.31. The number of rotatable bonds is 5. The summed E-state index contributed by atoms with van der Waals surface area (Å²) < 4.78 is 19.5. The molecule has 1 aromatic carbocycles. The standard InChI is InChI=1S/C18H17FN4O3S/c1-4-26-18(25)15-10(2)9-14(27-15)21-17(24)16-20-11(3)23(22-16)13-7-5-12(19)6-8-13/h5-9H,4H2,1-3H3,(H,21,24). The van der Waals surface area contributed by atoms with Crippen LogP contribution in [-0.2, 0) is 4.74 Å². The molecule has 140 valence electrons. The van der Waals surface area contributed by atoms with Crippen LogP contribution in [0.2, 0.25) is 0 Å². The molecule has 1 amide bonds. The lowest BCUT2D eigenvalue weighted by atomic mass is 10.3. The van der Waals surface area contributed by atoms with Crippen LogP contribution in [-0.4, -0.2) is 33.2 Å². The molecule has 0 aliphatic rings. The average Bonchev–Trinajstić information content (AvgIpc) is 3.19. The molecule has 0 saturated carbocycles. The van der Waals surface area contributed by atoms with Gasteiger partial charge in [0.1, 0.15) is 16.5 Å². The maximum absolute atomic E-state index is 13.1. The van der Waals surface area contributed by atoms with E-state index in [0.29, 0.717) is 21.4 Å². The van der Waals surface area contributed by atoms with Gasteiger partial charge in [0.05, 0.1) is 17.3 Å². The summed E-state index contributed by atoms with van der Waals surface area (Å²) in [6.07, 6.45) is 0. The maximum atomic E-state index is 13.1. The van der Waals surface area contributed by atoms with E-state index in [0.717, 1.165) is 16.9 Å². The summed E-state index contributed by atoms with van der Waals surface area (Å²) in [6, 6.07) is 7.40. The van der Waals surface area contributed by atoms with Crippen molar-refractivity contribution in [2.75, 3.05) is 11.9 Å². The number of halogens is 1. The van der Waals surface area contributed by atoms with Gasteiger partial charge in [-0.2, -0.15) is 0 Å². The summed E-state index contributed by atoms with van der Waals surface area (Å²) in [4.78, 5) is 28.9. The second-order valence-electron chi connectivity index (χ2n) is 5.67. The van der Waals surface area contributed by atoms with Gasteiger partial charge in [-0.05, 0) is 56.7 Å². The van der Waals surface area contributed by atoms with Crippen LogP contribution in [0.3, 0.4) is 0 Å². The van der Waals surface area contributed by atoms with Crippen molar-refractivity contribution in [2.45, 2.75) is 20.8 Å². The topological polar surface area (TPSA) is 86.1 Å². The summed E-state index contributed by atoms with van der Waals surface area (Å²) in [6.45, 7) is 5.47. The summed E-state index contributed by atoms with van der Waals surface area (Å²) >= 11 is 1.13. The van der Waals surface area contributed by atoms with Gasteiger partial charge in [0.25, 0.3) is 5.91 Å². The third kappa shape index (κ3) is 4.03. The number of carbonyl (C=O) groups is 2. The van der Waals surface area contributed by atoms with Crippen molar-refractivity contribution >= 4 is 28.2 Å². The van der Waals surface area contributed by atoms with Crippen LogP contribution in [0.1, 0.15) is 38.6 Å². The zero-order chi connectivity index (χ0) is 19.6. The Kier molecular flexibility index (Phi) is 5.31. The summed E-state index contributed by atoms with van der Waals surface area (Å²) in [7, 11) is 0. The Hall–Kier alpha value is -3.07. The van der Waals surface area contributed by atoms with Gasteiger partial charge in [-0.25, -0.2) is 18.9 Å². The molecule has 0 radical (unpaired) electrons. The Morgan fingerprint density at radius 3 is 2.63 bits per heavy atom. The number of hydrogen-bond acceptors (Lipinski definition) is 6. The molecule has 0 saturated heterocycles. The molecule has 2 heterocycles. The van der Waals surface area contributed by atoms with Crippen molar-refractivity contribution in [1.29, 1.82) is 0 Å². The number of thiophene rings is 1. The van der Waals surface area contributed by atoms with E-state index < -0.39 is 11.9 Å². The van der Waals surface area contributed by atoms with E-state index in [-0.39, 0.29) is 18.2 Å². The van der Waals surface area contributed by atoms with Gasteiger partial charge < -0.3 is 10.1 Å². The fraction of sp³-hybridized carbons (Fsp3) is 0.222. The molecule has 9 heteroatoms. The number of anilines is 1. The predicted octanol–water partition coefficient (Wildman–Crippen LogP) is 3.51. The molecule has 0 bridgehead atoms.